The van der Waals surface area contributed by atoms with E-state index in [0.29, 0.717) is 5.56 Å². The first-order chi connectivity index (χ1) is 12.8. The van der Waals surface area contributed by atoms with Gasteiger partial charge in [0.2, 0.25) is 0 Å². The number of amides is 1. The smallest absolute Gasteiger partial charge is 0.255 e. The van der Waals surface area contributed by atoms with Crippen LogP contribution in [-0.4, -0.2) is 21.1 Å². The van der Waals surface area contributed by atoms with Crippen LogP contribution < -0.4 is 5.32 Å². The molecule has 5 nitrogen and oxygen atoms in total. The number of aromatic nitrogens is 3. The number of rotatable bonds is 5. The Morgan fingerprint density at radius 1 is 1.12 bits per heavy atom. The fourth-order valence-electron chi connectivity index (χ4n) is 3.26. The molecule has 2 aromatic carbocycles. The quantitative estimate of drug-likeness (QED) is 0.665. The summed E-state index contributed by atoms with van der Waals surface area (Å²) in [5, 5.41) is 10.5. The lowest BCUT2D eigenvalue weighted by Crippen LogP contribution is -2.15. The van der Waals surface area contributed by atoms with Crippen LogP contribution in [0.3, 0.4) is 0 Å². The number of carbonyl (C=O) groups excluding carboxylic acids is 1. The molecular weight excluding hydrogens is 344 g/mol. The second-order valence-corrected chi connectivity index (χ2v) is 7.34. The summed E-state index contributed by atoms with van der Waals surface area (Å²) in [6.07, 6.45) is 6.08. The van der Waals surface area contributed by atoms with Crippen molar-refractivity contribution >= 4 is 23.4 Å². The molecule has 132 valence electrons. The van der Waals surface area contributed by atoms with Gasteiger partial charge in [0.1, 0.15) is 6.33 Å². The minimum Gasteiger partial charge on any atom is -0.322 e. The summed E-state index contributed by atoms with van der Waals surface area (Å²) >= 11 is 1.58. The monoisotopic (exact) mass is 364 g/mol. The Bertz CT molecular complexity index is 891. The standard InChI is InChI=1S/C20H20N4OS/c25-19(23-18-7-3-5-15-4-1-2-6-17(15)18)16-10-8-14(9-11-16)12-26-20-21-13-22-24-20/h3,5,7-11,13H,1-2,4,6,12H2,(H,23,25)(H,21,22,24). The van der Waals surface area contributed by atoms with Crippen molar-refractivity contribution in [1.29, 1.82) is 0 Å². The van der Waals surface area contributed by atoms with E-state index in [2.05, 4.69) is 26.6 Å². The van der Waals surface area contributed by atoms with E-state index in [9.17, 15) is 4.79 Å². The van der Waals surface area contributed by atoms with Crippen LogP contribution in [0.25, 0.3) is 0 Å². The van der Waals surface area contributed by atoms with Gasteiger partial charge in [-0.15, -0.1) is 0 Å². The van der Waals surface area contributed by atoms with Crippen molar-refractivity contribution in [2.75, 3.05) is 5.32 Å². The number of thioether (sulfide) groups is 1. The Hall–Kier alpha value is -2.60. The first-order valence-electron chi connectivity index (χ1n) is 8.79. The van der Waals surface area contributed by atoms with Gasteiger partial charge < -0.3 is 5.32 Å². The van der Waals surface area contributed by atoms with Crippen LogP contribution >= 0.6 is 11.8 Å². The molecule has 6 heteroatoms. The number of aryl methyl sites for hydroxylation is 1. The zero-order valence-corrected chi connectivity index (χ0v) is 15.2. The zero-order valence-electron chi connectivity index (χ0n) is 14.4. The molecule has 0 unspecified atom stereocenters. The molecule has 0 fully saturated rings. The van der Waals surface area contributed by atoms with Gasteiger partial charge in [0, 0.05) is 17.0 Å². The first-order valence-corrected chi connectivity index (χ1v) is 9.77. The number of hydrogen-bond donors (Lipinski definition) is 2. The summed E-state index contributed by atoms with van der Waals surface area (Å²) in [4.78, 5) is 16.7. The molecule has 0 spiro atoms. The number of anilines is 1. The lowest BCUT2D eigenvalue weighted by atomic mass is 9.90. The van der Waals surface area contributed by atoms with Crippen molar-refractivity contribution in [2.45, 2.75) is 36.6 Å². The predicted octanol–water partition coefficient (Wildman–Crippen LogP) is 4.23. The molecule has 0 bridgehead atoms. The Balaban J connectivity index is 1.42. The van der Waals surface area contributed by atoms with Gasteiger partial charge >= 0.3 is 0 Å². The van der Waals surface area contributed by atoms with E-state index in [1.807, 2.05) is 36.4 Å². The topological polar surface area (TPSA) is 70.7 Å². The fourth-order valence-corrected chi connectivity index (χ4v) is 4.00. The summed E-state index contributed by atoms with van der Waals surface area (Å²) < 4.78 is 0. The van der Waals surface area contributed by atoms with Crippen molar-refractivity contribution in [3.63, 3.8) is 0 Å². The van der Waals surface area contributed by atoms with Gasteiger partial charge in [0.25, 0.3) is 5.91 Å². The van der Waals surface area contributed by atoms with Crippen LogP contribution in [-0.2, 0) is 18.6 Å². The van der Waals surface area contributed by atoms with Crippen molar-refractivity contribution in [3.05, 3.63) is 71.0 Å². The normalized spacial score (nSPS) is 13.2. The molecule has 1 amide bonds. The second-order valence-electron chi connectivity index (χ2n) is 6.38. The second kappa shape index (κ2) is 7.74. The summed E-state index contributed by atoms with van der Waals surface area (Å²) in [5.41, 5.74) is 5.44. The highest BCUT2D eigenvalue weighted by Gasteiger charge is 2.15. The molecule has 0 saturated heterocycles. The van der Waals surface area contributed by atoms with Gasteiger partial charge in [-0.1, -0.05) is 36.0 Å². The highest BCUT2D eigenvalue weighted by atomic mass is 32.2. The van der Waals surface area contributed by atoms with E-state index in [0.717, 1.165) is 35.0 Å². The zero-order chi connectivity index (χ0) is 17.8. The molecule has 0 atom stereocenters. The van der Waals surface area contributed by atoms with Gasteiger partial charge in [-0.05, 0) is 60.6 Å². The number of fused-ring (bicyclic) bond motifs is 1. The van der Waals surface area contributed by atoms with E-state index in [-0.39, 0.29) is 5.91 Å². The van der Waals surface area contributed by atoms with Crippen molar-refractivity contribution in [3.8, 4) is 0 Å². The first kappa shape index (κ1) is 16.8. The number of carbonyl (C=O) groups is 1. The van der Waals surface area contributed by atoms with Crippen LogP contribution in [0.5, 0.6) is 0 Å². The molecule has 2 N–H and O–H groups in total. The molecule has 26 heavy (non-hydrogen) atoms. The van der Waals surface area contributed by atoms with Gasteiger partial charge in [-0.2, -0.15) is 5.10 Å². The average molecular weight is 364 g/mol. The van der Waals surface area contributed by atoms with Crippen LogP contribution in [0.15, 0.2) is 53.9 Å². The molecule has 0 saturated carbocycles. The highest BCUT2D eigenvalue weighted by Crippen LogP contribution is 2.28. The minimum absolute atomic E-state index is 0.0570. The maximum atomic E-state index is 12.6. The summed E-state index contributed by atoms with van der Waals surface area (Å²) in [7, 11) is 0. The van der Waals surface area contributed by atoms with Crippen LogP contribution in [0, 0.1) is 0 Å². The lowest BCUT2D eigenvalue weighted by Gasteiger charge is -2.19. The third kappa shape index (κ3) is 3.80. The Morgan fingerprint density at radius 3 is 2.77 bits per heavy atom. The number of H-pyrrole nitrogens is 1. The number of benzene rings is 2. The van der Waals surface area contributed by atoms with E-state index in [1.165, 1.54) is 30.3 Å². The number of nitrogens with zero attached hydrogens (tertiary/aromatic N) is 2. The third-order valence-corrected chi connectivity index (χ3v) is 5.58. The molecule has 1 aliphatic carbocycles. The van der Waals surface area contributed by atoms with Crippen molar-refractivity contribution < 1.29 is 4.79 Å². The van der Waals surface area contributed by atoms with E-state index >= 15 is 0 Å². The van der Waals surface area contributed by atoms with Crippen LogP contribution in [0.1, 0.15) is 39.9 Å². The SMILES string of the molecule is O=C(Nc1cccc2c1CCCC2)c1ccc(CSc2ncn[nH]2)cc1. The maximum Gasteiger partial charge on any atom is 0.255 e. The highest BCUT2D eigenvalue weighted by molar-refractivity contribution is 7.98. The predicted molar refractivity (Wildman–Crippen MR) is 103 cm³/mol. The number of nitrogens with one attached hydrogen (secondary N) is 2. The molecule has 1 aliphatic rings. The maximum absolute atomic E-state index is 12.6. The Labute approximate surface area is 156 Å². The number of aromatic amines is 1. The Kier molecular flexibility index (Phi) is 5.02. The van der Waals surface area contributed by atoms with Crippen molar-refractivity contribution in [1.82, 2.24) is 15.2 Å². The average Bonchev–Trinajstić information content (AvgIpc) is 3.21. The number of hydrogen-bond acceptors (Lipinski definition) is 4. The van der Waals surface area contributed by atoms with E-state index in [4.69, 9.17) is 0 Å². The summed E-state index contributed by atoms with van der Waals surface area (Å²) in [6.45, 7) is 0. The largest absolute Gasteiger partial charge is 0.322 e. The Morgan fingerprint density at radius 2 is 1.96 bits per heavy atom. The molecule has 3 aromatic rings. The van der Waals surface area contributed by atoms with Gasteiger partial charge in [0.05, 0.1) is 0 Å². The lowest BCUT2D eigenvalue weighted by molar-refractivity contribution is 0.102. The molecule has 1 heterocycles. The van der Waals surface area contributed by atoms with Gasteiger partial charge in [-0.3, -0.25) is 9.89 Å². The van der Waals surface area contributed by atoms with E-state index < -0.39 is 0 Å². The van der Waals surface area contributed by atoms with Crippen LogP contribution in [0.2, 0.25) is 0 Å². The third-order valence-electron chi connectivity index (χ3n) is 4.63. The van der Waals surface area contributed by atoms with E-state index in [1.54, 1.807) is 11.8 Å². The van der Waals surface area contributed by atoms with Gasteiger partial charge in [0.15, 0.2) is 5.16 Å². The molecule has 4 rings (SSSR count). The summed E-state index contributed by atoms with van der Waals surface area (Å²) in [5.74, 6) is 0.724. The van der Waals surface area contributed by atoms with Crippen LogP contribution in [0.4, 0.5) is 5.69 Å². The van der Waals surface area contributed by atoms with Crippen molar-refractivity contribution in [2.24, 2.45) is 0 Å². The molecule has 1 aromatic heterocycles. The molecular formula is C20H20N4OS. The summed E-state index contributed by atoms with van der Waals surface area (Å²) in [6, 6.07) is 13.9. The van der Waals surface area contributed by atoms with Gasteiger partial charge in [-0.25, -0.2) is 4.98 Å². The minimum atomic E-state index is -0.0570. The fraction of sp³-hybridized carbons (Fsp3) is 0.250. The molecule has 0 aliphatic heterocycles. The molecule has 0 radical (unpaired) electrons.